The third-order valence-electron chi connectivity index (χ3n) is 5.71. The van der Waals surface area contributed by atoms with E-state index in [2.05, 4.69) is 24.7 Å². The number of halogens is 3. The molecule has 1 N–H and O–H groups in total. The molecule has 1 aromatic heterocycles. The first-order valence-corrected chi connectivity index (χ1v) is 13.3. The van der Waals surface area contributed by atoms with Gasteiger partial charge in [0, 0.05) is 5.56 Å². The molecule has 0 saturated heterocycles. The minimum Gasteiger partial charge on any atom is -0.569 e. The summed E-state index contributed by atoms with van der Waals surface area (Å²) in [4.78, 5) is 27.3. The molecule has 0 aliphatic heterocycles. The molecule has 226 valence electrons. The Bertz CT molecular complexity index is 1560. The first kappa shape index (κ1) is 31.7. The van der Waals surface area contributed by atoms with Crippen LogP contribution < -0.4 is 4.72 Å². The quantitative estimate of drug-likeness (QED) is 0.0891. The van der Waals surface area contributed by atoms with Gasteiger partial charge in [-0.05, 0) is 44.2 Å². The molecule has 2 aromatic carbocycles. The van der Waals surface area contributed by atoms with E-state index in [0.29, 0.717) is 10.6 Å². The van der Waals surface area contributed by atoms with E-state index < -0.39 is 46.8 Å². The van der Waals surface area contributed by atoms with Crippen molar-refractivity contribution in [2.24, 2.45) is 5.28 Å². The Morgan fingerprint density at radius 1 is 1.17 bits per heavy atom. The lowest BCUT2D eigenvalue weighted by Gasteiger charge is -2.19. The van der Waals surface area contributed by atoms with Crippen molar-refractivity contribution in [3.8, 4) is 16.9 Å². The van der Waals surface area contributed by atoms with Gasteiger partial charge in [-0.2, -0.15) is 18.3 Å². The fraction of sp³-hybridized carbons (Fsp3) is 0.292. The average molecular weight is 615 g/mol. The first-order chi connectivity index (χ1) is 19.6. The Morgan fingerprint density at radius 2 is 1.79 bits per heavy atom. The number of nitrogens with one attached hydrogen (secondary N) is 1. The SMILES string of the molecule is COC(=O)OCON=[N+]([O-])N(C)[C@@H](C)C(=O)NS(=O)(=O)c1ccc(-n2nc(C(F)(F)F)cc2-c2ccc(C)cc2)cc1. The van der Waals surface area contributed by atoms with Gasteiger partial charge in [0.25, 0.3) is 22.7 Å². The second-order valence-corrected chi connectivity index (χ2v) is 10.3. The zero-order chi connectivity index (χ0) is 31.2. The van der Waals surface area contributed by atoms with Gasteiger partial charge in [0.05, 0.1) is 35.4 Å². The summed E-state index contributed by atoms with van der Waals surface area (Å²) in [6, 6.07) is 10.8. The van der Waals surface area contributed by atoms with Crippen molar-refractivity contribution in [1.29, 1.82) is 0 Å². The number of hydrogen-bond acceptors (Lipinski definition) is 10. The lowest BCUT2D eigenvalue weighted by atomic mass is 10.1. The molecule has 42 heavy (non-hydrogen) atoms. The van der Waals surface area contributed by atoms with Crippen LogP contribution in [-0.4, -0.2) is 67.2 Å². The maximum absolute atomic E-state index is 13.5. The van der Waals surface area contributed by atoms with E-state index in [4.69, 9.17) is 0 Å². The van der Waals surface area contributed by atoms with E-state index in [1.807, 2.05) is 11.6 Å². The van der Waals surface area contributed by atoms with Crippen molar-refractivity contribution < 1.29 is 50.5 Å². The van der Waals surface area contributed by atoms with Gasteiger partial charge >= 0.3 is 12.3 Å². The number of hydrogen-bond donors (Lipinski definition) is 1. The summed E-state index contributed by atoms with van der Waals surface area (Å²) in [6.07, 6.45) is -5.82. The molecule has 3 rings (SSSR count). The van der Waals surface area contributed by atoms with Gasteiger partial charge in [0.15, 0.2) is 11.7 Å². The number of alkyl halides is 3. The molecule has 18 heteroatoms. The van der Waals surface area contributed by atoms with E-state index in [9.17, 15) is 36.4 Å². The summed E-state index contributed by atoms with van der Waals surface area (Å²) in [7, 11) is -2.32. The van der Waals surface area contributed by atoms with E-state index in [1.54, 1.807) is 24.3 Å². The zero-order valence-corrected chi connectivity index (χ0v) is 23.3. The second kappa shape index (κ2) is 12.8. The van der Waals surface area contributed by atoms with Crippen LogP contribution in [0.4, 0.5) is 18.0 Å². The Kier molecular flexibility index (Phi) is 9.61. The summed E-state index contributed by atoms with van der Waals surface area (Å²) < 4.78 is 77.4. The number of amides is 1. The molecule has 14 nitrogen and oxygen atoms in total. The third kappa shape index (κ3) is 7.65. The highest BCUT2D eigenvalue weighted by molar-refractivity contribution is 7.90. The predicted octanol–water partition coefficient (Wildman–Crippen LogP) is 3.54. The topological polar surface area (TPSA) is 167 Å². The minimum absolute atomic E-state index is 0.122. The molecule has 0 aliphatic carbocycles. The Labute approximate surface area is 237 Å². The Morgan fingerprint density at radius 3 is 2.36 bits per heavy atom. The highest BCUT2D eigenvalue weighted by Gasteiger charge is 2.35. The lowest BCUT2D eigenvalue weighted by Crippen LogP contribution is -2.47. The molecule has 0 aliphatic rings. The number of aryl methyl sites for hydroxylation is 1. The molecule has 0 saturated carbocycles. The highest BCUT2D eigenvalue weighted by Crippen LogP contribution is 2.33. The van der Waals surface area contributed by atoms with Gasteiger partial charge in [-0.3, -0.25) is 4.79 Å². The third-order valence-corrected chi connectivity index (χ3v) is 7.07. The molecule has 0 fully saturated rings. The van der Waals surface area contributed by atoms with Crippen LogP contribution in [0.5, 0.6) is 0 Å². The zero-order valence-electron chi connectivity index (χ0n) is 22.5. The number of ether oxygens (including phenoxy) is 2. The molecular formula is C24H25F3N6O8S. The average Bonchev–Trinajstić information content (AvgIpc) is 3.41. The molecule has 0 unspecified atom stereocenters. The second-order valence-electron chi connectivity index (χ2n) is 8.58. The van der Waals surface area contributed by atoms with Crippen molar-refractivity contribution in [2.45, 2.75) is 31.0 Å². The fourth-order valence-corrected chi connectivity index (χ4v) is 4.32. The van der Waals surface area contributed by atoms with Gasteiger partial charge in [0.2, 0.25) is 5.28 Å². The van der Waals surface area contributed by atoms with Gasteiger partial charge in [0.1, 0.15) is 0 Å². The minimum atomic E-state index is -4.72. The smallest absolute Gasteiger partial charge is 0.510 e. The summed E-state index contributed by atoms with van der Waals surface area (Å²) >= 11 is 0. The fourth-order valence-electron chi connectivity index (χ4n) is 3.27. The van der Waals surface area contributed by atoms with Crippen LogP contribution in [0.15, 0.2) is 64.8 Å². The van der Waals surface area contributed by atoms with Crippen molar-refractivity contribution in [3.63, 3.8) is 0 Å². The standard InChI is InChI=1S/C24H25F3N6O8S/c1-15-5-7-17(8-6-15)20-13-21(24(25,26)27)28-32(20)18-9-11-19(12-10-18)42(37,38)29-22(34)16(2)31(3)33(36)30-41-14-40-23(35)39-4/h5-13,16H,14H2,1-4H3,(H,29,34)/t16-/m0/s1. The van der Waals surface area contributed by atoms with Crippen LogP contribution in [-0.2, 0) is 35.3 Å². The van der Waals surface area contributed by atoms with Crippen LogP contribution in [0.25, 0.3) is 16.9 Å². The number of carbonyl (C=O) groups is 2. The van der Waals surface area contributed by atoms with Crippen molar-refractivity contribution in [1.82, 2.24) is 19.5 Å². The number of benzene rings is 2. The van der Waals surface area contributed by atoms with Gasteiger partial charge in [-0.1, -0.05) is 29.8 Å². The summed E-state index contributed by atoms with van der Waals surface area (Å²) in [5.41, 5.74) is 0.455. The van der Waals surface area contributed by atoms with Crippen molar-refractivity contribution in [2.75, 3.05) is 21.0 Å². The van der Waals surface area contributed by atoms with E-state index in [0.717, 1.165) is 42.6 Å². The van der Waals surface area contributed by atoms with E-state index in [1.165, 1.54) is 19.1 Å². The van der Waals surface area contributed by atoms with Crippen LogP contribution >= 0.6 is 0 Å². The maximum atomic E-state index is 13.5. The number of likely N-dealkylation sites (N-methyl/N-ethyl adjacent to an activating group) is 1. The molecule has 1 amide bonds. The lowest BCUT2D eigenvalue weighted by molar-refractivity contribution is -0.710. The number of methoxy groups -OCH3 is 1. The summed E-state index contributed by atoms with van der Waals surface area (Å²) in [5, 5.41) is 19.4. The Hall–Kier alpha value is -4.87. The maximum Gasteiger partial charge on any atom is 0.510 e. The molecule has 0 radical (unpaired) electrons. The number of nitrogens with zero attached hydrogens (tertiary/aromatic N) is 5. The van der Waals surface area contributed by atoms with Crippen molar-refractivity contribution >= 4 is 22.1 Å². The number of hydrazine groups is 1. The van der Waals surface area contributed by atoms with Crippen LogP contribution in [0, 0.1) is 12.1 Å². The summed E-state index contributed by atoms with van der Waals surface area (Å²) in [6.45, 7) is 2.25. The van der Waals surface area contributed by atoms with Crippen LogP contribution in [0.1, 0.15) is 18.2 Å². The van der Waals surface area contributed by atoms with Crippen LogP contribution in [0.3, 0.4) is 0 Å². The molecule has 1 atom stereocenters. The first-order valence-electron chi connectivity index (χ1n) is 11.8. The largest absolute Gasteiger partial charge is 0.569 e. The Balaban J connectivity index is 1.77. The summed E-state index contributed by atoms with van der Waals surface area (Å²) in [5.74, 6) is -1.12. The van der Waals surface area contributed by atoms with Gasteiger partial charge in [-0.15, -0.1) is 5.01 Å². The number of sulfonamides is 1. The number of carbonyl (C=O) groups excluding carboxylic acids is 2. The monoisotopic (exact) mass is 614 g/mol. The molecule has 1 heterocycles. The number of rotatable bonds is 10. The molecule has 3 aromatic rings. The van der Waals surface area contributed by atoms with Gasteiger partial charge < -0.3 is 19.5 Å². The predicted molar refractivity (Wildman–Crippen MR) is 137 cm³/mol. The molecule has 0 spiro atoms. The van der Waals surface area contributed by atoms with Gasteiger partial charge in [-0.25, -0.2) is 22.6 Å². The molecular weight excluding hydrogens is 589 g/mol. The van der Waals surface area contributed by atoms with Crippen molar-refractivity contribution in [3.05, 3.63) is 71.1 Å². The van der Waals surface area contributed by atoms with Crippen LogP contribution in [0.2, 0.25) is 0 Å². The normalized spacial score (nSPS) is 12.8. The highest BCUT2D eigenvalue weighted by atomic mass is 32.2. The van der Waals surface area contributed by atoms with E-state index >= 15 is 0 Å². The number of aromatic nitrogens is 2. The van der Waals surface area contributed by atoms with E-state index in [-0.39, 0.29) is 21.2 Å². The molecule has 0 bridgehead atoms.